The van der Waals surface area contributed by atoms with Gasteiger partial charge in [-0.2, -0.15) is 13.2 Å². The molecule has 0 aliphatic carbocycles. The van der Waals surface area contributed by atoms with Crippen molar-refractivity contribution in [3.63, 3.8) is 0 Å². The fourth-order valence-corrected chi connectivity index (χ4v) is 2.41. The minimum atomic E-state index is -4.58. The normalized spacial score (nSPS) is 16.9. The number of carbonyl (C=O) groups excluding carboxylic acids is 1. The Morgan fingerprint density at radius 3 is 2.46 bits per heavy atom. The van der Waals surface area contributed by atoms with Gasteiger partial charge >= 0.3 is 6.18 Å². The Morgan fingerprint density at radius 2 is 1.88 bits per heavy atom. The smallest absolute Gasteiger partial charge is 0.379 e. The highest BCUT2D eigenvalue weighted by molar-refractivity contribution is 5.96. The van der Waals surface area contributed by atoms with Gasteiger partial charge in [-0.05, 0) is 5.56 Å². The van der Waals surface area contributed by atoms with E-state index >= 15 is 0 Å². The predicted octanol–water partition coefficient (Wildman–Crippen LogP) is 2.42. The number of hydrogen-bond acceptors (Lipinski definition) is 3. The van der Waals surface area contributed by atoms with Gasteiger partial charge in [0.15, 0.2) is 0 Å². The third-order valence-corrected chi connectivity index (χ3v) is 3.89. The first kappa shape index (κ1) is 18.5. The molecule has 0 unspecified atom stereocenters. The van der Waals surface area contributed by atoms with Gasteiger partial charge in [0.05, 0.1) is 18.8 Å². The highest BCUT2D eigenvalue weighted by atomic mass is 19.4. The molecule has 1 heterocycles. The van der Waals surface area contributed by atoms with Crippen molar-refractivity contribution in [2.75, 3.05) is 46.4 Å². The Hall–Kier alpha value is -1.86. The van der Waals surface area contributed by atoms with E-state index in [-0.39, 0.29) is 5.56 Å². The number of alkyl halides is 3. The van der Waals surface area contributed by atoms with E-state index in [1.54, 1.807) is 6.07 Å². The largest absolute Gasteiger partial charge is 0.417 e. The number of ether oxygens (including phenoxy) is 1. The first-order valence-electron chi connectivity index (χ1n) is 7.77. The van der Waals surface area contributed by atoms with Gasteiger partial charge in [-0.3, -0.25) is 9.69 Å². The molecule has 1 amide bonds. The Kier molecular flexibility index (Phi) is 6.39. The fraction of sp³-hybridized carbons (Fsp3) is 0.471. The summed E-state index contributed by atoms with van der Waals surface area (Å²) in [6.07, 6.45) is -3.91. The molecule has 1 aliphatic heterocycles. The molecule has 0 spiro atoms. The van der Waals surface area contributed by atoms with Gasteiger partial charge in [0, 0.05) is 39.3 Å². The molecule has 4 nitrogen and oxygen atoms in total. The number of amides is 1. The first-order valence-corrected chi connectivity index (χ1v) is 7.77. The van der Waals surface area contributed by atoms with Crippen LogP contribution in [0.4, 0.5) is 13.2 Å². The summed E-state index contributed by atoms with van der Waals surface area (Å²) in [4.78, 5) is 15.6. The summed E-state index contributed by atoms with van der Waals surface area (Å²) in [5.74, 6) is -0.653. The Balaban J connectivity index is 2.03. The van der Waals surface area contributed by atoms with Crippen LogP contribution >= 0.6 is 0 Å². The molecule has 1 fully saturated rings. The quantitative estimate of drug-likeness (QED) is 0.771. The molecule has 0 bridgehead atoms. The fourth-order valence-electron chi connectivity index (χ4n) is 2.41. The number of likely N-dealkylation sites (N-methyl/N-ethyl adjacent to an activating group) is 1. The Morgan fingerprint density at radius 1 is 1.25 bits per heavy atom. The molecule has 1 aromatic rings. The molecule has 2 rings (SSSR count). The Labute approximate surface area is 139 Å². The van der Waals surface area contributed by atoms with Crippen LogP contribution in [0.15, 0.2) is 36.4 Å². The molecule has 7 heteroatoms. The van der Waals surface area contributed by atoms with Crippen LogP contribution in [0.5, 0.6) is 0 Å². The zero-order valence-electron chi connectivity index (χ0n) is 13.6. The molecular weight excluding hydrogens is 321 g/mol. The van der Waals surface area contributed by atoms with E-state index in [0.717, 1.165) is 13.1 Å². The lowest BCUT2D eigenvalue weighted by Gasteiger charge is -2.28. The SMILES string of the molecule is CN(CCN1CCOCC1)C(=O)/C=C(\c1ccccc1)C(F)(F)F. The van der Waals surface area contributed by atoms with E-state index in [4.69, 9.17) is 4.74 Å². The van der Waals surface area contributed by atoms with E-state index in [9.17, 15) is 18.0 Å². The second-order valence-electron chi connectivity index (χ2n) is 5.64. The van der Waals surface area contributed by atoms with Gasteiger partial charge in [0.1, 0.15) is 0 Å². The minimum absolute atomic E-state index is 0.0140. The molecule has 1 aromatic carbocycles. The zero-order chi connectivity index (χ0) is 17.6. The average Bonchev–Trinajstić information content (AvgIpc) is 2.58. The molecule has 24 heavy (non-hydrogen) atoms. The van der Waals surface area contributed by atoms with E-state index in [1.165, 1.54) is 36.2 Å². The predicted molar refractivity (Wildman–Crippen MR) is 85.4 cm³/mol. The van der Waals surface area contributed by atoms with Crippen molar-refractivity contribution in [2.24, 2.45) is 0 Å². The number of benzene rings is 1. The summed E-state index contributed by atoms with van der Waals surface area (Å²) < 4.78 is 45.0. The summed E-state index contributed by atoms with van der Waals surface area (Å²) >= 11 is 0. The van der Waals surface area contributed by atoms with Crippen LogP contribution in [0.1, 0.15) is 5.56 Å². The molecule has 1 aliphatic rings. The van der Waals surface area contributed by atoms with Crippen LogP contribution < -0.4 is 0 Å². The van der Waals surface area contributed by atoms with Crippen LogP contribution in [0.2, 0.25) is 0 Å². The minimum Gasteiger partial charge on any atom is -0.379 e. The van der Waals surface area contributed by atoms with Gasteiger partial charge in [0.2, 0.25) is 5.91 Å². The summed E-state index contributed by atoms with van der Waals surface area (Å²) in [7, 11) is 1.51. The molecule has 0 atom stereocenters. The van der Waals surface area contributed by atoms with Crippen molar-refractivity contribution in [1.29, 1.82) is 0 Å². The maximum absolute atomic E-state index is 13.2. The second kappa shape index (κ2) is 8.30. The molecule has 0 N–H and O–H groups in total. The number of allylic oxidation sites excluding steroid dienone is 1. The molecule has 0 aromatic heterocycles. The maximum atomic E-state index is 13.2. The summed E-state index contributed by atoms with van der Waals surface area (Å²) in [5, 5.41) is 0. The van der Waals surface area contributed by atoms with Crippen LogP contribution in [-0.2, 0) is 9.53 Å². The molecule has 0 saturated carbocycles. The van der Waals surface area contributed by atoms with Crippen LogP contribution in [-0.4, -0.2) is 68.3 Å². The summed E-state index contributed by atoms with van der Waals surface area (Å²) in [6, 6.07) is 7.36. The molecule has 132 valence electrons. The second-order valence-corrected chi connectivity index (χ2v) is 5.64. The van der Waals surface area contributed by atoms with Crippen LogP contribution in [0.3, 0.4) is 0 Å². The van der Waals surface area contributed by atoms with Crippen molar-refractivity contribution in [3.05, 3.63) is 42.0 Å². The lowest BCUT2D eigenvalue weighted by molar-refractivity contribution is -0.125. The molecular formula is C17H21F3N2O2. The third kappa shape index (κ3) is 5.35. The number of hydrogen-bond donors (Lipinski definition) is 0. The number of carbonyl (C=O) groups is 1. The van der Waals surface area contributed by atoms with Crippen molar-refractivity contribution in [3.8, 4) is 0 Å². The van der Waals surface area contributed by atoms with Crippen molar-refractivity contribution in [2.45, 2.75) is 6.18 Å². The van der Waals surface area contributed by atoms with Crippen LogP contribution in [0, 0.1) is 0 Å². The number of halogens is 3. The molecule has 0 radical (unpaired) electrons. The van der Waals surface area contributed by atoms with Gasteiger partial charge in [0.25, 0.3) is 0 Å². The van der Waals surface area contributed by atoms with Crippen molar-refractivity contribution in [1.82, 2.24) is 9.80 Å². The number of rotatable bonds is 5. The highest BCUT2D eigenvalue weighted by Gasteiger charge is 2.35. The summed E-state index contributed by atoms with van der Waals surface area (Å²) in [6.45, 7) is 3.82. The number of nitrogens with zero attached hydrogens (tertiary/aromatic N) is 2. The van der Waals surface area contributed by atoms with Gasteiger partial charge in [-0.15, -0.1) is 0 Å². The van der Waals surface area contributed by atoms with Crippen molar-refractivity contribution >= 4 is 11.5 Å². The number of morpholine rings is 1. The van der Waals surface area contributed by atoms with Gasteiger partial charge < -0.3 is 9.64 Å². The van der Waals surface area contributed by atoms with E-state index in [2.05, 4.69) is 4.90 Å². The molecule has 1 saturated heterocycles. The first-order chi connectivity index (χ1) is 11.4. The lowest BCUT2D eigenvalue weighted by atomic mass is 10.0. The van der Waals surface area contributed by atoms with E-state index in [1.807, 2.05) is 0 Å². The highest BCUT2D eigenvalue weighted by Crippen LogP contribution is 2.33. The van der Waals surface area contributed by atoms with E-state index in [0.29, 0.717) is 32.4 Å². The Bertz CT molecular complexity index is 567. The summed E-state index contributed by atoms with van der Waals surface area (Å²) in [5.41, 5.74) is -0.939. The monoisotopic (exact) mass is 342 g/mol. The van der Waals surface area contributed by atoms with Gasteiger partial charge in [-0.1, -0.05) is 30.3 Å². The standard InChI is InChI=1S/C17H21F3N2O2/c1-21(7-8-22-9-11-24-12-10-22)16(23)13-15(17(18,19)20)14-5-3-2-4-6-14/h2-6,13H,7-12H2,1H3/b15-13+. The maximum Gasteiger partial charge on any atom is 0.417 e. The van der Waals surface area contributed by atoms with Crippen LogP contribution in [0.25, 0.3) is 5.57 Å². The topological polar surface area (TPSA) is 32.8 Å². The van der Waals surface area contributed by atoms with Gasteiger partial charge in [-0.25, -0.2) is 0 Å². The third-order valence-electron chi connectivity index (χ3n) is 3.89. The lowest BCUT2D eigenvalue weighted by Crippen LogP contribution is -2.41. The van der Waals surface area contributed by atoms with E-state index < -0.39 is 17.7 Å². The average molecular weight is 342 g/mol. The zero-order valence-corrected chi connectivity index (χ0v) is 13.6. The van der Waals surface area contributed by atoms with Crippen molar-refractivity contribution < 1.29 is 22.7 Å².